The van der Waals surface area contributed by atoms with E-state index in [9.17, 15) is 9.59 Å². The number of ketones is 1. The lowest BCUT2D eigenvalue weighted by molar-refractivity contribution is -0.140. The van der Waals surface area contributed by atoms with Crippen molar-refractivity contribution in [2.75, 3.05) is 7.11 Å². The van der Waals surface area contributed by atoms with Crippen LogP contribution in [0.25, 0.3) is 0 Å². The smallest absolute Gasteiger partial charge is 0.305 e. The second-order valence-electron chi connectivity index (χ2n) is 7.64. The van der Waals surface area contributed by atoms with Crippen molar-refractivity contribution in [3.63, 3.8) is 0 Å². The van der Waals surface area contributed by atoms with E-state index in [1.165, 1.54) is 7.11 Å². The zero-order valence-corrected chi connectivity index (χ0v) is 18.3. The van der Waals surface area contributed by atoms with Crippen molar-refractivity contribution in [2.45, 2.75) is 39.2 Å². The molecule has 0 radical (unpaired) electrons. The van der Waals surface area contributed by atoms with E-state index in [-0.39, 0.29) is 18.2 Å². The average Bonchev–Trinajstić information content (AvgIpc) is 2.80. The Morgan fingerprint density at radius 3 is 2.29 bits per heavy atom. The maximum Gasteiger partial charge on any atom is 0.305 e. The quantitative estimate of drug-likeness (QED) is 0.327. The molecule has 3 rings (SSSR count). The van der Waals surface area contributed by atoms with E-state index in [1.54, 1.807) is 0 Å². The Labute approximate surface area is 183 Å². The number of carbonyl (C=O) groups is 2. The van der Waals surface area contributed by atoms with Gasteiger partial charge in [0.15, 0.2) is 5.78 Å². The van der Waals surface area contributed by atoms with E-state index in [1.807, 2.05) is 86.6 Å². The van der Waals surface area contributed by atoms with Crippen LogP contribution in [0.2, 0.25) is 0 Å². The zero-order valence-electron chi connectivity index (χ0n) is 18.3. The van der Waals surface area contributed by atoms with Gasteiger partial charge in [-0.3, -0.25) is 9.59 Å². The maximum absolute atomic E-state index is 13.5. The summed E-state index contributed by atoms with van der Waals surface area (Å²) < 4.78 is 10.8. The number of hydrogen-bond donors (Lipinski definition) is 0. The standard InChI is InChI=1S/C27H28O4/c1-19-9-7-8-12-23(19)24(15-16-26(28)30-3)27(29)22-14-13-20(2)25(17-22)31-18-21-10-5-4-6-11-21/h4-14,17,24H,15-16,18H2,1-3H3. The SMILES string of the molecule is COC(=O)CCC(C(=O)c1ccc(C)c(OCc2ccccc2)c1)c1ccccc1C. The van der Waals surface area contributed by atoms with Crippen LogP contribution in [0.15, 0.2) is 72.8 Å². The second-order valence-corrected chi connectivity index (χ2v) is 7.64. The lowest BCUT2D eigenvalue weighted by Crippen LogP contribution is -2.16. The molecule has 31 heavy (non-hydrogen) atoms. The van der Waals surface area contributed by atoms with Crippen LogP contribution in [0.4, 0.5) is 0 Å². The highest BCUT2D eigenvalue weighted by Gasteiger charge is 2.25. The maximum atomic E-state index is 13.5. The van der Waals surface area contributed by atoms with E-state index in [0.717, 1.165) is 22.3 Å². The van der Waals surface area contributed by atoms with E-state index in [0.29, 0.717) is 24.3 Å². The molecule has 0 saturated carbocycles. The predicted molar refractivity (Wildman–Crippen MR) is 121 cm³/mol. The van der Waals surface area contributed by atoms with Gasteiger partial charge >= 0.3 is 5.97 Å². The fourth-order valence-corrected chi connectivity index (χ4v) is 3.62. The molecule has 0 bridgehead atoms. The molecule has 3 aromatic rings. The van der Waals surface area contributed by atoms with Gasteiger partial charge in [0.2, 0.25) is 0 Å². The fraction of sp³-hybridized carbons (Fsp3) is 0.259. The van der Waals surface area contributed by atoms with Gasteiger partial charge in [0, 0.05) is 17.9 Å². The summed E-state index contributed by atoms with van der Waals surface area (Å²) in [5.41, 5.74) is 4.57. The van der Waals surface area contributed by atoms with Gasteiger partial charge in [-0.1, -0.05) is 66.7 Å². The molecule has 0 N–H and O–H groups in total. The third kappa shape index (κ3) is 5.82. The number of esters is 1. The lowest BCUT2D eigenvalue weighted by atomic mass is 9.84. The van der Waals surface area contributed by atoms with Crippen molar-refractivity contribution in [3.8, 4) is 5.75 Å². The molecule has 0 fully saturated rings. The molecule has 0 spiro atoms. The number of rotatable bonds is 9. The minimum absolute atomic E-state index is 0.0252. The normalized spacial score (nSPS) is 11.6. The zero-order chi connectivity index (χ0) is 22.2. The van der Waals surface area contributed by atoms with Gasteiger partial charge in [-0.15, -0.1) is 0 Å². The lowest BCUT2D eigenvalue weighted by Gasteiger charge is -2.19. The van der Waals surface area contributed by atoms with Gasteiger partial charge in [-0.2, -0.15) is 0 Å². The highest BCUT2D eigenvalue weighted by Crippen LogP contribution is 2.30. The molecule has 3 aromatic carbocycles. The van der Waals surface area contributed by atoms with Crippen molar-refractivity contribution in [3.05, 3.63) is 101 Å². The summed E-state index contributed by atoms with van der Waals surface area (Å²) in [6.45, 7) is 4.38. The van der Waals surface area contributed by atoms with Crippen molar-refractivity contribution < 1.29 is 19.1 Å². The highest BCUT2D eigenvalue weighted by molar-refractivity contribution is 6.01. The summed E-state index contributed by atoms with van der Waals surface area (Å²) in [6.07, 6.45) is 0.578. The first-order valence-corrected chi connectivity index (χ1v) is 10.4. The van der Waals surface area contributed by atoms with Crippen LogP contribution in [0.5, 0.6) is 5.75 Å². The molecule has 0 saturated heterocycles. The molecule has 0 aliphatic carbocycles. The van der Waals surface area contributed by atoms with Crippen LogP contribution in [-0.4, -0.2) is 18.9 Å². The Balaban J connectivity index is 1.86. The summed E-state index contributed by atoms with van der Waals surface area (Å²) >= 11 is 0. The van der Waals surface area contributed by atoms with Gasteiger partial charge < -0.3 is 9.47 Å². The number of carbonyl (C=O) groups excluding carboxylic acids is 2. The van der Waals surface area contributed by atoms with Crippen LogP contribution < -0.4 is 4.74 Å². The van der Waals surface area contributed by atoms with Crippen molar-refractivity contribution in [1.82, 2.24) is 0 Å². The van der Waals surface area contributed by atoms with Crippen LogP contribution >= 0.6 is 0 Å². The van der Waals surface area contributed by atoms with Gasteiger partial charge in [-0.05, 0) is 48.6 Å². The largest absolute Gasteiger partial charge is 0.489 e. The number of ether oxygens (including phenoxy) is 2. The predicted octanol–water partition coefficient (Wildman–Crippen LogP) is 5.80. The number of hydrogen-bond acceptors (Lipinski definition) is 4. The van der Waals surface area contributed by atoms with Crippen LogP contribution in [-0.2, 0) is 16.1 Å². The molecule has 0 heterocycles. The number of methoxy groups -OCH3 is 1. The third-order valence-corrected chi connectivity index (χ3v) is 5.46. The fourth-order valence-electron chi connectivity index (χ4n) is 3.62. The van der Waals surface area contributed by atoms with Crippen molar-refractivity contribution in [2.24, 2.45) is 0 Å². The summed E-state index contributed by atoms with van der Waals surface area (Å²) in [7, 11) is 1.36. The Morgan fingerprint density at radius 2 is 1.58 bits per heavy atom. The number of Topliss-reactive ketones (excluding diaryl/α,β-unsaturated/α-hetero) is 1. The second kappa shape index (κ2) is 10.6. The van der Waals surface area contributed by atoms with Crippen molar-refractivity contribution in [1.29, 1.82) is 0 Å². The molecule has 0 aromatic heterocycles. The Kier molecular flexibility index (Phi) is 7.60. The molecule has 0 aliphatic heterocycles. The molecule has 0 aliphatic rings. The van der Waals surface area contributed by atoms with E-state index in [4.69, 9.17) is 9.47 Å². The van der Waals surface area contributed by atoms with Crippen LogP contribution in [0.3, 0.4) is 0 Å². The van der Waals surface area contributed by atoms with E-state index < -0.39 is 5.92 Å². The topological polar surface area (TPSA) is 52.6 Å². The molecular formula is C27H28O4. The van der Waals surface area contributed by atoms with Gasteiger partial charge in [0.25, 0.3) is 0 Å². The molecule has 1 atom stereocenters. The van der Waals surface area contributed by atoms with Crippen LogP contribution in [0, 0.1) is 13.8 Å². The molecule has 1 unspecified atom stereocenters. The monoisotopic (exact) mass is 416 g/mol. The van der Waals surface area contributed by atoms with Crippen LogP contribution in [0.1, 0.15) is 51.4 Å². The number of benzene rings is 3. The Morgan fingerprint density at radius 1 is 0.871 bits per heavy atom. The first-order valence-electron chi connectivity index (χ1n) is 10.4. The third-order valence-electron chi connectivity index (χ3n) is 5.46. The Bertz CT molecular complexity index is 1040. The highest BCUT2D eigenvalue weighted by atomic mass is 16.5. The molecule has 4 nitrogen and oxygen atoms in total. The summed E-state index contributed by atoms with van der Waals surface area (Å²) in [5, 5.41) is 0. The first kappa shape index (κ1) is 22.3. The Hall–Kier alpha value is -3.40. The van der Waals surface area contributed by atoms with Crippen molar-refractivity contribution >= 4 is 11.8 Å². The average molecular weight is 417 g/mol. The molecule has 160 valence electrons. The van der Waals surface area contributed by atoms with Gasteiger partial charge in [0.05, 0.1) is 7.11 Å². The molecule has 4 heteroatoms. The minimum Gasteiger partial charge on any atom is -0.489 e. The summed E-state index contributed by atoms with van der Waals surface area (Å²) in [6, 6.07) is 23.3. The molecular weight excluding hydrogens is 388 g/mol. The van der Waals surface area contributed by atoms with E-state index >= 15 is 0 Å². The van der Waals surface area contributed by atoms with Gasteiger partial charge in [0.1, 0.15) is 12.4 Å². The first-order chi connectivity index (χ1) is 15.0. The molecule has 0 amide bonds. The van der Waals surface area contributed by atoms with Gasteiger partial charge in [-0.25, -0.2) is 0 Å². The number of aryl methyl sites for hydroxylation is 2. The summed E-state index contributed by atoms with van der Waals surface area (Å²) in [5.74, 6) is -0.0823. The minimum atomic E-state index is -0.426. The van der Waals surface area contributed by atoms with E-state index in [2.05, 4.69) is 0 Å². The summed E-state index contributed by atoms with van der Waals surface area (Å²) in [4.78, 5) is 25.3.